The quantitative estimate of drug-likeness (QED) is 0.698. The molecule has 0 spiro atoms. The molecule has 1 amide bonds. The Bertz CT molecular complexity index is 887. The van der Waals surface area contributed by atoms with Gasteiger partial charge in [0.05, 0.1) is 16.3 Å². The van der Waals surface area contributed by atoms with Gasteiger partial charge in [0.2, 0.25) is 6.10 Å². The van der Waals surface area contributed by atoms with E-state index in [4.69, 9.17) is 16.4 Å². The summed E-state index contributed by atoms with van der Waals surface area (Å²) in [6.45, 7) is 0. The van der Waals surface area contributed by atoms with Crippen LogP contribution in [-0.4, -0.2) is 17.7 Å². The van der Waals surface area contributed by atoms with Crippen molar-refractivity contribution in [2.75, 3.05) is 5.32 Å². The van der Waals surface area contributed by atoms with E-state index in [0.717, 1.165) is 22.2 Å². The van der Waals surface area contributed by atoms with Crippen LogP contribution in [0.4, 0.5) is 18.9 Å². The number of amides is 1. The van der Waals surface area contributed by atoms with E-state index in [1.54, 1.807) is 0 Å². The average molecular weight is 448 g/mol. The van der Waals surface area contributed by atoms with Gasteiger partial charge >= 0.3 is 6.18 Å². The Morgan fingerprint density at radius 1 is 1.27 bits per heavy atom. The number of rotatable bonds is 3. The molecule has 0 aliphatic carbocycles. The SMILES string of the molecule is O=C(Nc1ccc(Cl)c(C(F)(F)F)c1)C1CC(c2cccc(Br)c2)=NO1. The van der Waals surface area contributed by atoms with Crippen molar-refractivity contribution in [2.24, 2.45) is 5.16 Å². The van der Waals surface area contributed by atoms with E-state index in [1.807, 2.05) is 24.3 Å². The maximum Gasteiger partial charge on any atom is 0.417 e. The summed E-state index contributed by atoms with van der Waals surface area (Å²) in [6.07, 6.45) is -5.32. The molecule has 9 heteroatoms. The molecule has 0 saturated carbocycles. The second-order valence-corrected chi connectivity index (χ2v) is 6.85. The molecule has 0 aromatic heterocycles. The standard InChI is InChI=1S/C17H11BrClF3N2O2/c18-10-3-1-2-9(6-10)14-8-15(26-24-14)16(25)23-11-4-5-13(19)12(7-11)17(20,21)22/h1-7,15H,8H2,(H,23,25). The molecule has 4 nitrogen and oxygen atoms in total. The Labute approximate surface area is 160 Å². The highest BCUT2D eigenvalue weighted by atomic mass is 79.9. The van der Waals surface area contributed by atoms with Crippen molar-refractivity contribution in [3.05, 3.63) is 63.1 Å². The molecule has 2 aromatic carbocycles. The summed E-state index contributed by atoms with van der Waals surface area (Å²) in [6, 6.07) is 10.5. The minimum atomic E-state index is -4.61. The number of halogens is 5. The largest absolute Gasteiger partial charge is 0.417 e. The molecule has 0 fully saturated rings. The van der Waals surface area contributed by atoms with Crippen molar-refractivity contribution in [1.29, 1.82) is 0 Å². The van der Waals surface area contributed by atoms with E-state index in [-0.39, 0.29) is 12.1 Å². The highest BCUT2D eigenvalue weighted by molar-refractivity contribution is 9.10. The van der Waals surface area contributed by atoms with Crippen LogP contribution in [0.3, 0.4) is 0 Å². The number of anilines is 1. The highest BCUT2D eigenvalue weighted by Crippen LogP contribution is 2.36. The molecule has 1 aliphatic heterocycles. The Balaban J connectivity index is 1.69. The lowest BCUT2D eigenvalue weighted by atomic mass is 10.0. The summed E-state index contributed by atoms with van der Waals surface area (Å²) in [5.74, 6) is -0.589. The first-order chi connectivity index (χ1) is 12.2. The van der Waals surface area contributed by atoms with Gasteiger partial charge in [0.25, 0.3) is 5.91 Å². The lowest BCUT2D eigenvalue weighted by Crippen LogP contribution is -2.28. The van der Waals surface area contributed by atoms with Gasteiger partial charge in [-0.25, -0.2) is 0 Å². The van der Waals surface area contributed by atoms with Crippen molar-refractivity contribution >= 4 is 44.8 Å². The second kappa shape index (κ2) is 7.28. The van der Waals surface area contributed by atoms with Crippen LogP contribution in [0.2, 0.25) is 5.02 Å². The summed E-state index contributed by atoms with van der Waals surface area (Å²) in [5.41, 5.74) is 0.334. The zero-order chi connectivity index (χ0) is 18.9. The molecule has 26 heavy (non-hydrogen) atoms. The Morgan fingerprint density at radius 2 is 2.04 bits per heavy atom. The normalized spacial score (nSPS) is 16.8. The molecule has 1 atom stereocenters. The predicted octanol–water partition coefficient (Wildman–Crippen LogP) is 5.25. The molecular formula is C17H11BrClF3N2O2. The molecular weight excluding hydrogens is 437 g/mol. The zero-order valence-electron chi connectivity index (χ0n) is 13.0. The van der Waals surface area contributed by atoms with Crippen LogP contribution < -0.4 is 5.32 Å². The first kappa shape index (κ1) is 18.7. The third kappa shape index (κ3) is 4.19. The van der Waals surface area contributed by atoms with Crippen molar-refractivity contribution < 1.29 is 22.8 Å². The first-order valence-electron chi connectivity index (χ1n) is 7.40. The summed E-state index contributed by atoms with van der Waals surface area (Å²) >= 11 is 8.91. The minimum Gasteiger partial charge on any atom is -0.382 e. The summed E-state index contributed by atoms with van der Waals surface area (Å²) < 4.78 is 39.5. The monoisotopic (exact) mass is 446 g/mol. The van der Waals surface area contributed by atoms with E-state index < -0.39 is 28.8 Å². The number of alkyl halides is 3. The van der Waals surface area contributed by atoms with E-state index >= 15 is 0 Å². The van der Waals surface area contributed by atoms with E-state index in [1.165, 1.54) is 6.07 Å². The third-order valence-corrected chi connectivity index (χ3v) is 4.48. The van der Waals surface area contributed by atoms with Crippen LogP contribution in [0.25, 0.3) is 0 Å². The number of benzene rings is 2. The first-order valence-corrected chi connectivity index (χ1v) is 8.57. The zero-order valence-corrected chi connectivity index (χ0v) is 15.3. The lowest BCUT2D eigenvalue weighted by molar-refractivity contribution is -0.137. The van der Waals surface area contributed by atoms with Gasteiger partial charge in [0.15, 0.2) is 0 Å². The second-order valence-electron chi connectivity index (χ2n) is 5.53. The fourth-order valence-electron chi connectivity index (χ4n) is 2.40. The average Bonchev–Trinajstić information content (AvgIpc) is 3.06. The highest BCUT2D eigenvalue weighted by Gasteiger charge is 2.34. The van der Waals surface area contributed by atoms with Crippen LogP contribution in [0.5, 0.6) is 0 Å². The Morgan fingerprint density at radius 3 is 2.73 bits per heavy atom. The van der Waals surface area contributed by atoms with Crippen LogP contribution in [0, 0.1) is 0 Å². The predicted molar refractivity (Wildman–Crippen MR) is 95.3 cm³/mol. The number of oxime groups is 1. The van der Waals surface area contributed by atoms with E-state index in [0.29, 0.717) is 5.71 Å². The van der Waals surface area contributed by atoms with Gasteiger partial charge in [-0.3, -0.25) is 4.79 Å². The molecule has 2 aromatic rings. The van der Waals surface area contributed by atoms with Crippen molar-refractivity contribution in [1.82, 2.24) is 0 Å². The number of carbonyl (C=O) groups is 1. The smallest absolute Gasteiger partial charge is 0.382 e. The summed E-state index contributed by atoms with van der Waals surface area (Å²) in [5, 5.41) is 5.86. The van der Waals surface area contributed by atoms with Crippen molar-refractivity contribution in [3.8, 4) is 0 Å². The van der Waals surface area contributed by atoms with Gasteiger partial charge in [-0.2, -0.15) is 13.2 Å². The third-order valence-electron chi connectivity index (χ3n) is 3.66. The van der Waals surface area contributed by atoms with Gasteiger partial charge in [-0.1, -0.05) is 44.8 Å². The van der Waals surface area contributed by atoms with E-state index in [9.17, 15) is 18.0 Å². The molecule has 1 heterocycles. The van der Waals surface area contributed by atoms with E-state index in [2.05, 4.69) is 26.4 Å². The maximum absolute atomic E-state index is 12.9. The van der Waals surface area contributed by atoms with Gasteiger partial charge in [0, 0.05) is 22.1 Å². The molecule has 0 saturated heterocycles. The molecule has 1 N–H and O–H groups in total. The van der Waals surface area contributed by atoms with Crippen LogP contribution >= 0.6 is 27.5 Å². The fourth-order valence-corrected chi connectivity index (χ4v) is 3.02. The van der Waals surface area contributed by atoms with Gasteiger partial charge in [-0.05, 0) is 30.3 Å². The minimum absolute atomic E-state index is 0.0220. The number of hydrogen-bond donors (Lipinski definition) is 1. The van der Waals surface area contributed by atoms with Crippen LogP contribution in [0.1, 0.15) is 17.5 Å². The number of hydrogen-bond acceptors (Lipinski definition) is 3. The molecule has 0 bridgehead atoms. The number of carbonyl (C=O) groups excluding carboxylic acids is 1. The number of nitrogens with one attached hydrogen (secondary N) is 1. The maximum atomic E-state index is 12.9. The van der Waals surface area contributed by atoms with Crippen LogP contribution in [-0.2, 0) is 15.8 Å². The molecule has 1 unspecified atom stereocenters. The summed E-state index contributed by atoms with van der Waals surface area (Å²) in [7, 11) is 0. The Hall–Kier alpha value is -2.06. The molecule has 1 aliphatic rings. The number of nitrogens with zero attached hydrogens (tertiary/aromatic N) is 1. The van der Waals surface area contributed by atoms with Crippen molar-refractivity contribution in [2.45, 2.75) is 18.7 Å². The summed E-state index contributed by atoms with van der Waals surface area (Å²) in [4.78, 5) is 17.4. The molecule has 3 rings (SSSR count). The van der Waals surface area contributed by atoms with Gasteiger partial charge < -0.3 is 10.2 Å². The molecule has 136 valence electrons. The lowest BCUT2D eigenvalue weighted by Gasteiger charge is -2.13. The van der Waals surface area contributed by atoms with Crippen LogP contribution in [0.15, 0.2) is 52.1 Å². The van der Waals surface area contributed by atoms with Crippen molar-refractivity contribution in [3.63, 3.8) is 0 Å². The Kier molecular flexibility index (Phi) is 5.24. The van der Waals surface area contributed by atoms with Gasteiger partial charge in [-0.15, -0.1) is 0 Å². The topological polar surface area (TPSA) is 50.7 Å². The van der Waals surface area contributed by atoms with Gasteiger partial charge in [0.1, 0.15) is 0 Å². The fraction of sp³-hybridized carbons (Fsp3) is 0.176. The molecule has 0 radical (unpaired) electrons.